The number of benzene rings is 1. The average molecular weight is 222 g/mol. The van der Waals surface area contributed by atoms with Crippen LogP contribution in [-0.4, -0.2) is 33.3 Å². The minimum absolute atomic E-state index is 0.442. The quantitative estimate of drug-likeness (QED) is 0.467. The second-order valence-electron chi connectivity index (χ2n) is 4.09. The van der Waals surface area contributed by atoms with E-state index in [2.05, 4.69) is 5.16 Å². The lowest BCUT2D eigenvalue weighted by molar-refractivity contribution is -0.133. The highest BCUT2D eigenvalue weighted by atomic mass is 16.5. The molecule has 0 aromatic heterocycles. The lowest BCUT2D eigenvalue weighted by Crippen LogP contribution is -2.48. The van der Waals surface area contributed by atoms with Crippen LogP contribution < -0.4 is 0 Å². The van der Waals surface area contributed by atoms with Crippen LogP contribution in [0.3, 0.4) is 0 Å². The second kappa shape index (κ2) is 5.09. The molecule has 0 fully saturated rings. The third-order valence-corrected chi connectivity index (χ3v) is 2.67. The first kappa shape index (κ1) is 12.7. The predicted molar refractivity (Wildman–Crippen MR) is 63.0 cm³/mol. The van der Waals surface area contributed by atoms with Crippen molar-refractivity contribution in [3.8, 4) is 0 Å². The molecule has 0 spiro atoms. The molecular weight excluding hydrogens is 204 g/mol. The van der Waals surface area contributed by atoms with Crippen molar-refractivity contribution in [3.63, 3.8) is 0 Å². The molecule has 1 rings (SSSR count). The third kappa shape index (κ3) is 2.40. The largest absolute Gasteiger partial charge is 0.411 e. The number of likely N-dealkylation sites (N-methyl/N-ethyl adjacent to an activating group) is 1. The Hall–Kier alpha value is -1.39. The fraction of sp³-hybridized carbons (Fsp3) is 0.417. The molecule has 4 nitrogen and oxygen atoms in total. The number of nitrogens with zero attached hydrogens (tertiary/aromatic N) is 2. The Morgan fingerprint density at radius 2 is 1.88 bits per heavy atom. The Labute approximate surface area is 95.8 Å². The van der Waals surface area contributed by atoms with Crippen LogP contribution in [0.2, 0.25) is 0 Å². The monoisotopic (exact) mass is 222 g/mol. The molecule has 0 radical (unpaired) electrons. The van der Waals surface area contributed by atoms with E-state index in [1.54, 1.807) is 13.8 Å². The minimum Gasteiger partial charge on any atom is -0.411 e. The molecule has 0 unspecified atom stereocenters. The molecule has 0 heterocycles. The number of oxime groups is 1. The van der Waals surface area contributed by atoms with Gasteiger partial charge < -0.3 is 10.4 Å². The zero-order valence-electron chi connectivity index (χ0n) is 9.88. The van der Waals surface area contributed by atoms with E-state index in [0.717, 1.165) is 10.6 Å². The molecular formula is C12H18N2O2. The van der Waals surface area contributed by atoms with Crippen molar-refractivity contribution in [1.82, 2.24) is 5.06 Å². The van der Waals surface area contributed by atoms with Crippen molar-refractivity contribution in [3.05, 3.63) is 35.9 Å². The van der Waals surface area contributed by atoms with Crippen LogP contribution in [-0.2, 0) is 0 Å². The van der Waals surface area contributed by atoms with Crippen LogP contribution in [0.15, 0.2) is 35.5 Å². The normalized spacial score (nSPS) is 13.2. The molecule has 0 aliphatic heterocycles. The number of hydrogen-bond donors (Lipinski definition) is 2. The molecule has 0 saturated carbocycles. The smallest absolute Gasteiger partial charge is 0.109 e. The summed E-state index contributed by atoms with van der Waals surface area (Å²) in [6.45, 7) is 5.90. The average Bonchev–Trinajstić information content (AvgIpc) is 2.30. The first-order valence-corrected chi connectivity index (χ1v) is 5.28. The van der Waals surface area contributed by atoms with Gasteiger partial charge in [-0.25, -0.2) is 0 Å². The topological polar surface area (TPSA) is 56.1 Å². The number of hydroxylamine groups is 2. The molecule has 2 N–H and O–H groups in total. The highest BCUT2D eigenvalue weighted by Gasteiger charge is 2.32. The molecule has 0 aliphatic rings. The van der Waals surface area contributed by atoms with Crippen molar-refractivity contribution in [2.24, 2.45) is 5.16 Å². The SMILES string of the molecule is CCN(O)C(C)(C)/C(=N\O)c1ccccc1. The Kier molecular flexibility index (Phi) is 4.04. The molecule has 88 valence electrons. The molecule has 1 aromatic carbocycles. The van der Waals surface area contributed by atoms with Crippen LogP contribution in [0.4, 0.5) is 0 Å². The van der Waals surface area contributed by atoms with Gasteiger partial charge in [-0.1, -0.05) is 42.4 Å². The fourth-order valence-corrected chi connectivity index (χ4v) is 1.65. The summed E-state index contributed by atoms with van der Waals surface area (Å²) in [7, 11) is 0. The van der Waals surface area contributed by atoms with Crippen molar-refractivity contribution < 1.29 is 10.4 Å². The van der Waals surface area contributed by atoms with Crippen molar-refractivity contribution in [2.45, 2.75) is 26.3 Å². The van der Waals surface area contributed by atoms with Crippen molar-refractivity contribution in [2.75, 3.05) is 6.54 Å². The Morgan fingerprint density at radius 1 is 1.31 bits per heavy atom. The van der Waals surface area contributed by atoms with Gasteiger partial charge in [-0.05, 0) is 13.8 Å². The van der Waals surface area contributed by atoms with Gasteiger partial charge in [0.2, 0.25) is 0 Å². The molecule has 0 saturated heterocycles. The Morgan fingerprint density at radius 3 is 2.31 bits per heavy atom. The Bertz CT molecular complexity index is 361. The van der Waals surface area contributed by atoms with E-state index >= 15 is 0 Å². The lowest BCUT2D eigenvalue weighted by Gasteiger charge is -2.33. The van der Waals surface area contributed by atoms with Gasteiger partial charge in [-0.2, -0.15) is 5.06 Å². The van der Waals surface area contributed by atoms with Gasteiger partial charge in [0.25, 0.3) is 0 Å². The molecule has 0 atom stereocenters. The van der Waals surface area contributed by atoms with Gasteiger partial charge in [0, 0.05) is 12.1 Å². The summed E-state index contributed by atoms with van der Waals surface area (Å²) in [5.74, 6) is 0. The summed E-state index contributed by atoms with van der Waals surface area (Å²) in [5, 5.41) is 23.4. The van der Waals surface area contributed by atoms with Gasteiger partial charge in [0.1, 0.15) is 5.71 Å². The molecule has 4 heteroatoms. The predicted octanol–water partition coefficient (Wildman–Crippen LogP) is 2.35. The standard InChI is InChI=1S/C12H18N2O2/c1-4-14(16)12(2,3)11(13-15)10-8-6-5-7-9-10/h5-9,15-16H,4H2,1-3H3/b13-11-. The van der Waals surface area contributed by atoms with E-state index in [0.29, 0.717) is 12.3 Å². The summed E-state index contributed by atoms with van der Waals surface area (Å²) in [4.78, 5) is 0. The van der Waals surface area contributed by atoms with Crippen LogP contribution >= 0.6 is 0 Å². The third-order valence-electron chi connectivity index (χ3n) is 2.67. The highest BCUT2D eigenvalue weighted by molar-refractivity contribution is 6.06. The van der Waals surface area contributed by atoms with Gasteiger partial charge >= 0.3 is 0 Å². The van der Waals surface area contributed by atoms with E-state index in [9.17, 15) is 5.21 Å². The summed E-state index contributed by atoms with van der Waals surface area (Å²) in [5.41, 5.74) is 0.505. The van der Waals surface area contributed by atoms with E-state index in [1.165, 1.54) is 0 Å². The van der Waals surface area contributed by atoms with Crippen molar-refractivity contribution in [1.29, 1.82) is 0 Å². The van der Waals surface area contributed by atoms with E-state index < -0.39 is 5.54 Å². The maximum Gasteiger partial charge on any atom is 0.109 e. The molecule has 0 bridgehead atoms. The van der Waals surface area contributed by atoms with Crippen LogP contribution in [0.25, 0.3) is 0 Å². The van der Waals surface area contributed by atoms with Gasteiger partial charge in [-0.3, -0.25) is 0 Å². The van der Waals surface area contributed by atoms with Gasteiger partial charge in [-0.15, -0.1) is 0 Å². The number of hydrogen-bond acceptors (Lipinski definition) is 4. The highest BCUT2D eigenvalue weighted by Crippen LogP contribution is 2.19. The molecule has 1 aromatic rings. The lowest BCUT2D eigenvalue weighted by atomic mass is 9.92. The molecule has 0 amide bonds. The molecule has 0 aliphatic carbocycles. The fourth-order valence-electron chi connectivity index (χ4n) is 1.65. The van der Waals surface area contributed by atoms with Gasteiger partial charge in [0.05, 0.1) is 5.54 Å². The summed E-state index contributed by atoms with van der Waals surface area (Å²) in [6.07, 6.45) is 0. The van der Waals surface area contributed by atoms with Crippen molar-refractivity contribution >= 4 is 5.71 Å². The minimum atomic E-state index is -0.731. The van der Waals surface area contributed by atoms with E-state index in [1.807, 2.05) is 37.3 Å². The maximum absolute atomic E-state index is 9.79. The van der Waals surface area contributed by atoms with Crippen LogP contribution in [0, 0.1) is 0 Å². The zero-order valence-corrected chi connectivity index (χ0v) is 9.88. The second-order valence-corrected chi connectivity index (χ2v) is 4.09. The summed E-state index contributed by atoms with van der Waals surface area (Å²) < 4.78 is 0. The zero-order chi connectivity index (χ0) is 12.2. The maximum atomic E-state index is 9.79. The summed E-state index contributed by atoms with van der Waals surface area (Å²) >= 11 is 0. The first-order chi connectivity index (χ1) is 7.54. The Balaban J connectivity index is 3.10. The van der Waals surface area contributed by atoms with Crippen LogP contribution in [0.1, 0.15) is 26.3 Å². The first-order valence-electron chi connectivity index (χ1n) is 5.28. The van der Waals surface area contributed by atoms with E-state index in [4.69, 9.17) is 5.21 Å². The van der Waals surface area contributed by atoms with Gasteiger partial charge in [0.15, 0.2) is 0 Å². The van der Waals surface area contributed by atoms with E-state index in [-0.39, 0.29) is 0 Å². The number of rotatable bonds is 4. The molecule has 16 heavy (non-hydrogen) atoms. The summed E-state index contributed by atoms with van der Waals surface area (Å²) in [6, 6.07) is 9.32. The van der Waals surface area contributed by atoms with Crippen LogP contribution in [0.5, 0.6) is 0 Å².